The first kappa shape index (κ1) is 18.2. The van der Waals surface area contributed by atoms with Crippen LogP contribution in [0.2, 0.25) is 0 Å². The van der Waals surface area contributed by atoms with Gasteiger partial charge >= 0.3 is 6.09 Å². The molecule has 0 bridgehead atoms. The fourth-order valence-corrected chi connectivity index (χ4v) is 3.48. The second-order valence-electron chi connectivity index (χ2n) is 6.79. The van der Waals surface area contributed by atoms with Crippen LogP contribution in [0.5, 0.6) is 0 Å². The van der Waals surface area contributed by atoms with Crippen LogP contribution in [0, 0.1) is 0 Å². The smallest absolute Gasteiger partial charge is 0.407 e. The summed E-state index contributed by atoms with van der Waals surface area (Å²) < 4.78 is 11.0. The highest BCUT2D eigenvalue weighted by Gasteiger charge is 2.38. The lowest BCUT2D eigenvalue weighted by molar-refractivity contribution is 0.0251. The number of benzene rings is 2. The zero-order chi connectivity index (χ0) is 19.5. The molecule has 2 aromatic rings. The summed E-state index contributed by atoms with van der Waals surface area (Å²) >= 11 is 0. The number of cyclic esters (lactones) is 1. The van der Waals surface area contributed by atoms with E-state index in [1.54, 1.807) is 24.3 Å². The Morgan fingerprint density at radius 1 is 0.929 bits per heavy atom. The van der Waals surface area contributed by atoms with Crippen molar-refractivity contribution in [3.8, 4) is 0 Å². The third-order valence-electron chi connectivity index (χ3n) is 4.95. The van der Waals surface area contributed by atoms with Crippen LogP contribution in [0.25, 0.3) is 0 Å². The number of nitrogens with zero attached hydrogens (tertiary/aromatic N) is 1. The summed E-state index contributed by atoms with van der Waals surface area (Å²) in [6.07, 6.45) is -0.580. The van der Waals surface area contributed by atoms with Crippen LogP contribution in [0.1, 0.15) is 32.7 Å². The first-order chi connectivity index (χ1) is 13.6. The lowest BCUT2D eigenvalue weighted by Crippen LogP contribution is -2.39. The highest BCUT2D eigenvalue weighted by atomic mass is 16.6. The monoisotopic (exact) mass is 380 g/mol. The minimum atomic E-state index is -0.513. The maximum atomic E-state index is 12.4. The third-order valence-corrected chi connectivity index (χ3v) is 4.95. The molecule has 1 fully saturated rings. The molecule has 2 unspecified atom stereocenters. The van der Waals surface area contributed by atoms with Crippen molar-refractivity contribution in [2.45, 2.75) is 25.2 Å². The van der Waals surface area contributed by atoms with Crippen LogP contribution < -0.4 is 5.32 Å². The molecule has 0 saturated carbocycles. The largest absolute Gasteiger partial charge is 0.442 e. The molecule has 0 aliphatic carbocycles. The minimum absolute atomic E-state index is 0.204. The summed E-state index contributed by atoms with van der Waals surface area (Å²) in [7, 11) is 0. The van der Waals surface area contributed by atoms with Gasteiger partial charge in [0.1, 0.15) is 6.10 Å². The highest BCUT2D eigenvalue weighted by molar-refractivity contribution is 6.21. The number of hydrogen-bond donors (Lipinski definition) is 1. The van der Waals surface area contributed by atoms with Gasteiger partial charge in [0.2, 0.25) is 0 Å². The quantitative estimate of drug-likeness (QED) is 0.746. The number of fused-ring (bicyclic) bond motifs is 1. The van der Waals surface area contributed by atoms with Gasteiger partial charge in [-0.2, -0.15) is 0 Å². The number of imide groups is 1. The molecule has 144 valence electrons. The lowest BCUT2D eigenvalue weighted by atomic mass is 10.1. The summed E-state index contributed by atoms with van der Waals surface area (Å²) in [5, 5.41) is 2.74. The highest BCUT2D eigenvalue weighted by Crippen LogP contribution is 2.23. The molecule has 4 rings (SSSR count). The Morgan fingerprint density at radius 3 is 2.25 bits per heavy atom. The van der Waals surface area contributed by atoms with Crippen LogP contribution in [0.3, 0.4) is 0 Å². The van der Waals surface area contributed by atoms with Crippen molar-refractivity contribution >= 4 is 17.9 Å². The van der Waals surface area contributed by atoms with Gasteiger partial charge in [-0.15, -0.1) is 0 Å². The number of alkyl carbamates (subject to hydrolysis) is 1. The van der Waals surface area contributed by atoms with Gasteiger partial charge in [0.15, 0.2) is 0 Å². The first-order valence-electron chi connectivity index (χ1n) is 9.17. The summed E-state index contributed by atoms with van der Waals surface area (Å²) in [6, 6.07) is 16.1. The molecular weight excluding hydrogens is 360 g/mol. The second-order valence-corrected chi connectivity index (χ2v) is 6.79. The summed E-state index contributed by atoms with van der Waals surface area (Å²) in [5.74, 6) is -0.606. The average Bonchev–Trinajstić information content (AvgIpc) is 3.18. The van der Waals surface area contributed by atoms with E-state index in [4.69, 9.17) is 9.47 Å². The predicted molar refractivity (Wildman–Crippen MR) is 99.7 cm³/mol. The van der Waals surface area contributed by atoms with Crippen LogP contribution in [-0.4, -0.2) is 48.1 Å². The number of hydrogen-bond acceptors (Lipinski definition) is 5. The van der Waals surface area contributed by atoms with Gasteiger partial charge in [0, 0.05) is 6.54 Å². The van der Waals surface area contributed by atoms with Crippen molar-refractivity contribution in [2.24, 2.45) is 0 Å². The molecule has 28 heavy (non-hydrogen) atoms. The van der Waals surface area contributed by atoms with Crippen LogP contribution in [0.4, 0.5) is 4.79 Å². The number of carbonyl (C=O) groups is 3. The van der Waals surface area contributed by atoms with E-state index >= 15 is 0 Å². The van der Waals surface area contributed by atoms with Crippen molar-refractivity contribution in [1.82, 2.24) is 10.2 Å². The van der Waals surface area contributed by atoms with E-state index in [2.05, 4.69) is 5.32 Å². The van der Waals surface area contributed by atoms with Gasteiger partial charge < -0.3 is 14.8 Å². The van der Waals surface area contributed by atoms with E-state index in [9.17, 15) is 14.4 Å². The molecule has 2 aromatic carbocycles. The number of carbonyl (C=O) groups excluding carboxylic acids is 3. The molecule has 3 amide bonds. The Bertz CT molecular complexity index is 864. The summed E-state index contributed by atoms with van der Waals surface area (Å²) in [5.41, 5.74) is 1.87. The lowest BCUT2D eigenvalue weighted by Gasteiger charge is -2.20. The Hall–Kier alpha value is -3.19. The molecular formula is C21H20N2O5. The molecule has 7 heteroatoms. The van der Waals surface area contributed by atoms with Crippen molar-refractivity contribution in [2.75, 3.05) is 13.2 Å². The van der Waals surface area contributed by atoms with Crippen molar-refractivity contribution in [1.29, 1.82) is 0 Å². The van der Waals surface area contributed by atoms with Crippen LogP contribution >= 0.6 is 0 Å². The van der Waals surface area contributed by atoms with E-state index in [-0.39, 0.29) is 31.0 Å². The van der Waals surface area contributed by atoms with Crippen LogP contribution in [0.15, 0.2) is 54.6 Å². The maximum absolute atomic E-state index is 12.4. The summed E-state index contributed by atoms with van der Waals surface area (Å²) in [4.78, 5) is 37.8. The molecule has 0 radical (unpaired) electrons. The van der Waals surface area contributed by atoms with E-state index < -0.39 is 12.2 Å². The van der Waals surface area contributed by atoms with E-state index in [0.717, 1.165) is 5.56 Å². The maximum Gasteiger partial charge on any atom is 0.407 e. The number of nitrogens with one attached hydrogen (secondary N) is 1. The van der Waals surface area contributed by atoms with E-state index in [0.29, 0.717) is 24.2 Å². The van der Waals surface area contributed by atoms with Crippen molar-refractivity contribution in [3.63, 3.8) is 0 Å². The SMILES string of the molecule is O=C1NC(CCN2C(=O)c3ccccc3C2=O)C(COCc2ccccc2)O1. The molecule has 2 aliphatic rings. The molecule has 7 nitrogen and oxygen atoms in total. The molecule has 2 atom stereocenters. The Morgan fingerprint density at radius 2 is 1.57 bits per heavy atom. The average molecular weight is 380 g/mol. The molecule has 2 aliphatic heterocycles. The Kier molecular flexibility index (Phi) is 5.08. The number of amides is 3. The molecule has 2 heterocycles. The Labute approximate surface area is 162 Å². The molecule has 0 spiro atoms. The van der Waals surface area contributed by atoms with Gasteiger partial charge in [-0.1, -0.05) is 42.5 Å². The van der Waals surface area contributed by atoms with E-state index in [1.165, 1.54) is 4.90 Å². The van der Waals surface area contributed by atoms with E-state index in [1.807, 2.05) is 30.3 Å². The van der Waals surface area contributed by atoms with Crippen LogP contribution in [-0.2, 0) is 16.1 Å². The molecule has 1 saturated heterocycles. The third kappa shape index (κ3) is 3.61. The predicted octanol–water partition coefficient (Wildman–Crippen LogP) is 2.37. The Balaban J connectivity index is 1.33. The minimum Gasteiger partial charge on any atom is -0.442 e. The zero-order valence-corrected chi connectivity index (χ0v) is 15.2. The van der Waals surface area contributed by atoms with Gasteiger partial charge in [0.25, 0.3) is 11.8 Å². The van der Waals surface area contributed by atoms with Gasteiger partial charge in [0.05, 0.1) is 30.4 Å². The van der Waals surface area contributed by atoms with Gasteiger partial charge in [-0.05, 0) is 24.1 Å². The first-order valence-corrected chi connectivity index (χ1v) is 9.17. The number of ether oxygens (including phenoxy) is 2. The standard InChI is InChI=1S/C21H20N2O5/c24-19-15-8-4-5-9-16(15)20(25)23(19)11-10-17-18(28-21(26)22-17)13-27-12-14-6-2-1-3-7-14/h1-9,17-18H,10-13H2,(H,22,26). The zero-order valence-electron chi connectivity index (χ0n) is 15.2. The molecule has 0 aromatic heterocycles. The van der Waals surface area contributed by atoms with Crippen molar-refractivity contribution in [3.05, 3.63) is 71.3 Å². The normalized spacial score (nSPS) is 20.9. The topological polar surface area (TPSA) is 84.9 Å². The van der Waals surface area contributed by atoms with Gasteiger partial charge in [-0.3, -0.25) is 14.5 Å². The second kappa shape index (κ2) is 7.82. The number of rotatable bonds is 7. The fourth-order valence-electron chi connectivity index (χ4n) is 3.48. The van der Waals surface area contributed by atoms with Crippen molar-refractivity contribution < 1.29 is 23.9 Å². The fraction of sp³-hybridized carbons (Fsp3) is 0.286. The summed E-state index contributed by atoms with van der Waals surface area (Å²) in [6.45, 7) is 0.857. The van der Waals surface area contributed by atoms with Gasteiger partial charge in [-0.25, -0.2) is 4.79 Å². The molecule has 1 N–H and O–H groups in total.